The molecule has 0 atom stereocenters. The Morgan fingerprint density at radius 3 is 2.57 bits per heavy atom. The van der Waals surface area contributed by atoms with Crippen LogP contribution in [0.4, 0.5) is 0 Å². The first kappa shape index (κ1) is 17.5. The average Bonchev–Trinajstić information content (AvgIpc) is 2.54. The molecule has 122 valence electrons. The molecule has 0 bridgehead atoms. The van der Waals surface area contributed by atoms with Gasteiger partial charge in [0.05, 0.1) is 5.02 Å². The maximum absolute atomic E-state index is 12.0. The molecule has 1 aromatic carbocycles. The van der Waals surface area contributed by atoms with Gasteiger partial charge in [0.2, 0.25) is 0 Å². The summed E-state index contributed by atoms with van der Waals surface area (Å²) in [4.78, 5) is 16.9. The lowest BCUT2D eigenvalue weighted by molar-refractivity contribution is -0.123. The number of carbonyl (C=O) groups excluding carboxylic acids is 1. The number of sulfonamides is 1. The number of hydrogen-bond acceptors (Lipinski definition) is 5. The van der Waals surface area contributed by atoms with E-state index in [1.165, 1.54) is 0 Å². The number of rotatable bonds is 6. The molecule has 1 amide bonds. The van der Waals surface area contributed by atoms with E-state index in [0.29, 0.717) is 5.75 Å². The molecule has 0 saturated carbocycles. The van der Waals surface area contributed by atoms with E-state index >= 15 is 0 Å². The first-order chi connectivity index (χ1) is 10.9. The lowest BCUT2D eigenvalue weighted by atomic mass is 10.3. The monoisotopic (exact) mass is 375 g/mol. The summed E-state index contributed by atoms with van der Waals surface area (Å²) in [5, 5.41) is -0.0424. The first-order valence-corrected chi connectivity index (χ1v) is 8.42. The van der Waals surface area contributed by atoms with E-state index in [2.05, 4.69) is 4.98 Å². The third-order valence-corrected chi connectivity index (χ3v) is 4.42. The van der Waals surface area contributed by atoms with Crippen LogP contribution in [0.25, 0.3) is 0 Å². The molecular weight excluding hydrogens is 365 g/mol. The van der Waals surface area contributed by atoms with Crippen LogP contribution in [0.2, 0.25) is 10.2 Å². The molecule has 10 heteroatoms. The van der Waals surface area contributed by atoms with Crippen molar-refractivity contribution in [3.05, 3.63) is 52.8 Å². The van der Waals surface area contributed by atoms with Crippen molar-refractivity contribution in [2.45, 2.75) is 4.90 Å². The van der Waals surface area contributed by atoms with Gasteiger partial charge in [-0.3, -0.25) is 10.2 Å². The summed E-state index contributed by atoms with van der Waals surface area (Å²) in [6.45, 7) is -0.355. The van der Waals surface area contributed by atoms with Crippen LogP contribution in [0.1, 0.15) is 0 Å². The number of ether oxygens (including phenoxy) is 1. The van der Waals surface area contributed by atoms with Crippen molar-refractivity contribution in [3.8, 4) is 5.75 Å². The summed E-state index contributed by atoms with van der Waals surface area (Å²) >= 11 is 11.3. The number of benzene rings is 1. The zero-order valence-electron chi connectivity index (χ0n) is 11.5. The number of nitrogens with one attached hydrogen (secondary N) is 2. The minimum atomic E-state index is -4.02. The number of carbonyl (C=O) groups is 1. The quantitative estimate of drug-likeness (QED) is 0.592. The predicted molar refractivity (Wildman–Crippen MR) is 84.7 cm³/mol. The lowest BCUT2D eigenvalue weighted by Crippen LogP contribution is -2.43. The second-order valence-corrected chi connectivity index (χ2v) is 6.65. The van der Waals surface area contributed by atoms with Crippen LogP contribution in [0, 0.1) is 0 Å². The molecule has 0 aliphatic heterocycles. The molecule has 1 aromatic heterocycles. The number of aromatic nitrogens is 1. The summed E-state index contributed by atoms with van der Waals surface area (Å²) in [6, 6.07) is 9.73. The Morgan fingerprint density at radius 2 is 1.91 bits per heavy atom. The number of halogens is 2. The molecule has 2 aromatic rings. The summed E-state index contributed by atoms with van der Waals surface area (Å²) in [5.74, 6) is -0.190. The fraction of sp³-hybridized carbons (Fsp3) is 0.0769. The second kappa shape index (κ2) is 7.60. The van der Waals surface area contributed by atoms with E-state index in [1.807, 2.05) is 10.3 Å². The number of amides is 1. The van der Waals surface area contributed by atoms with Gasteiger partial charge in [0, 0.05) is 6.20 Å². The van der Waals surface area contributed by atoms with Crippen LogP contribution in [-0.2, 0) is 14.8 Å². The summed E-state index contributed by atoms with van der Waals surface area (Å²) in [7, 11) is -4.02. The van der Waals surface area contributed by atoms with Gasteiger partial charge in [-0.1, -0.05) is 41.4 Å². The maximum Gasteiger partial charge on any atom is 0.272 e. The normalized spacial score (nSPS) is 11.0. The molecule has 0 radical (unpaired) electrons. The third-order valence-electron chi connectivity index (χ3n) is 2.52. The smallest absolute Gasteiger partial charge is 0.272 e. The van der Waals surface area contributed by atoms with Gasteiger partial charge < -0.3 is 4.74 Å². The average molecular weight is 376 g/mol. The maximum atomic E-state index is 12.0. The Kier molecular flexibility index (Phi) is 5.78. The third kappa shape index (κ3) is 5.07. The van der Waals surface area contributed by atoms with Gasteiger partial charge in [0.1, 0.15) is 15.8 Å². The van der Waals surface area contributed by atoms with Crippen molar-refractivity contribution in [1.29, 1.82) is 0 Å². The van der Waals surface area contributed by atoms with Crippen molar-refractivity contribution < 1.29 is 17.9 Å². The molecule has 2 N–H and O–H groups in total. The molecule has 0 aliphatic carbocycles. The second-order valence-electron chi connectivity index (χ2n) is 4.20. The van der Waals surface area contributed by atoms with Gasteiger partial charge in [0.25, 0.3) is 15.9 Å². The highest BCUT2D eigenvalue weighted by atomic mass is 35.5. The number of pyridine rings is 1. The zero-order valence-corrected chi connectivity index (χ0v) is 13.8. The first-order valence-electron chi connectivity index (χ1n) is 6.18. The molecule has 1 heterocycles. The van der Waals surface area contributed by atoms with Crippen molar-refractivity contribution >= 4 is 39.1 Å². The van der Waals surface area contributed by atoms with E-state index in [-0.39, 0.29) is 21.7 Å². The molecule has 0 fully saturated rings. The van der Waals surface area contributed by atoms with Crippen molar-refractivity contribution in [3.63, 3.8) is 0 Å². The van der Waals surface area contributed by atoms with Gasteiger partial charge in [0.15, 0.2) is 6.61 Å². The molecule has 23 heavy (non-hydrogen) atoms. The Hall–Kier alpha value is -1.87. The largest absolute Gasteiger partial charge is 0.484 e. The fourth-order valence-corrected chi connectivity index (χ4v) is 2.60. The highest BCUT2D eigenvalue weighted by Crippen LogP contribution is 2.21. The van der Waals surface area contributed by atoms with Crippen molar-refractivity contribution in [2.75, 3.05) is 6.61 Å². The van der Waals surface area contributed by atoms with E-state index in [4.69, 9.17) is 27.9 Å². The van der Waals surface area contributed by atoms with E-state index < -0.39 is 15.9 Å². The van der Waals surface area contributed by atoms with Gasteiger partial charge in [-0.05, 0) is 18.2 Å². The molecule has 7 nitrogen and oxygen atoms in total. The van der Waals surface area contributed by atoms with Gasteiger partial charge in [-0.2, -0.15) is 0 Å². The number of hydrogen-bond donors (Lipinski definition) is 2. The van der Waals surface area contributed by atoms with Crippen molar-refractivity contribution in [2.24, 2.45) is 0 Å². The SMILES string of the molecule is O=C(COc1ccccc1)NNS(=O)(=O)c1cnc(Cl)c(Cl)c1. The Bertz CT molecular complexity index is 800. The minimum absolute atomic E-state index is 0.0201. The van der Waals surface area contributed by atoms with Crippen LogP contribution in [0.5, 0.6) is 5.75 Å². The molecular formula is C13H11Cl2N3O4S. The number of nitrogens with zero attached hydrogens (tertiary/aromatic N) is 1. The van der Waals surface area contributed by atoms with Crippen molar-refractivity contribution in [1.82, 2.24) is 15.2 Å². The summed E-state index contributed by atoms with van der Waals surface area (Å²) in [5.41, 5.74) is 2.02. The highest BCUT2D eigenvalue weighted by molar-refractivity contribution is 7.89. The van der Waals surface area contributed by atoms with Crippen LogP contribution in [0.3, 0.4) is 0 Å². The fourth-order valence-electron chi connectivity index (χ4n) is 1.44. The van der Waals surface area contributed by atoms with Crippen LogP contribution >= 0.6 is 23.2 Å². The Morgan fingerprint density at radius 1 is 1.22 bits per heavy atom. The number of para-hydroxylation sites is 1. The van der Waals surface area contributed by atoms with E-state index in [9.17, 15) is 13.2 Å². The van der Waals surface area contributed by atoms with Gasteiger partial charge in [-0.15, -0.1) is 4.83 Å². The van der Waals surface area contributed by atoms with Crippen LogP contribution in [0.15, 0.2) is 47.5 Å². The highest BCUT2D eigenvalue weighted by Gasteiger charge is 2.17. The molecule has 0 saturated heterocycles. The molecule has 0 unspecified atom stereocenters. The zero-order chi connectivity index (χ0) is 16.9. The van der Waals surface area contributed by atoms with Crippen LogP contribution < -0.4 is 15.0 Å². The summed E-state index contributed by atoms with van der Waals surface area (Å²) in [6.07, 6.45) is 1.02. The van der Waals surface area contributed by atoms with Gasteiger partial charge >= 0.3 is 0 Å². The Balaban J connectivity index is 1.91. The Labute approximate surface area is 142 Å². The van der Waals surface area contributed by atoms with E-state index in [0.717, 1.165) is 12.3 Å². The van der Waals surface area contributed by atoms with Gasteiger partial charge in [-0.25, -0.2) is 13.4 Å². The standard InChI is InChI=1S/C13H11Cl2N3O4S/c14-11-6-10(7-16-13(11)15)23(20,21)18-17-12(19)8-22-9-4-2-1-3-5-9/h1-7,18H,8H2,(H,17,19). The molecule has 2 rings (SSSR count). The predicted octanol–water partition coefficient (Wildman–Crippen LogP) is 1.78. The summed E-state index contributed by atoms with van der Waals surface area (Å²) < 4.78 is 29.1. The molecule has 0 spiro atoms. The topological polar surface area (TPSA) is 97.4 Å². The lowest BCUT2D eigenvalue weighted by Gasteiger charge is -2.09. The van der Waals surface area contributed by atoms with E-state index in [1.54, 1.807) is 30.3 Å². The number of hydrazine groups is 1. The molecule has 0 aliphatic rings. The van der Waals surface area contributed by atoms with Crippen LogP contribution in [-0.4, -0.2) is 25.9 Å². The minimum Gasteiger partial charge on any atom is -0.484 e.